The lowest BCUT2D eigenvalue weighted by atomic mass is 10.1. The molecule has 3 aromatic rings. The van der Waals surface area contributed by atoms with Gasteiger partial charge in [0.05, 0.1) is 11.4 Å². The molecule has 1 fully saturated rings. The number of carbonyl (C=O) groups excluding carboxylic acids is 2. The Morgan fingerprint density at radius 3 is 2.35 bits per heavy atom. The van der Waals surface area contributed by atoms with E-state index in [0.717, 1.165) is 13.1 Å². The zero-order chi connectivity index (χ0) is 23.9. The van der Waals surface area contributed by atoms with Crippen LogP contribution in [0.2, 0.25) is 0 Å². The van der Waals surface area contributed by atoms with Crippen LogP contribution in [0.5, 0.6) is 11.5 Å². The second-order valence-electron chi connectivity index (χ2n) is 8.26. The molecule has 0 aliphatic carbocycles. The first-order valence-electron chi connectivity index (χ1n) is 11.4. The van der Waals surface area contributed by atoms with Gasteiger partial charge in [-0.1, -0.05) is 30.3 Å². The zero-order valence-electron chi connectivity index (χ0n) is 19.2. The first kappa shape index (κ1) is 23.4. The summed E-state index contributed by atoms with van der Waals surface area (Å²) in [5.74, 6) is 0.681. The number of para-hydroxylation sites is 3. The van der Waals surface area contributed by atoms with Gasteiger partial charge in [0.2, 0.25) is 5.91 Å². The highest BCUT2D eigenvalue weighted by atomic mass is 19.1. The van der Waals surface area contributed by atoms with Crippen LogP contribution in [0.15, 0.2) is 72.8 Å². The molecule has 4 rings (SSSR count). The number of anilines is 2. The summed E-state index contributed by atoms with van der Waals surface area (Å²) < 4.78 is 20.4. The number of Topliss-reactive ketones (excluding diaryl/α,β-unsaturated/α-hetero) is 1. The van der Waals surface area contributed by atoms with Crippen molar-refractivity contribution in [2.24, 2.45) is 0 Å². The minimum atomic E-state index is -0.378. The first-order chi connectivity index (χ1) is 16.5. The molecule has 176 valence electrons. The fourth-order valence-corrected chi connectivity index (χ4v) is 3.94. The number of halogens is 1. The highest BCUT2D eigenvalue weighted by molar-refractivity contribution is 5.94. The number of hydrogen-bond donors (Lipinski definition) is 1. The number of nitrogens with zero attached hydrogens (tertiary/aromatic N) is 2. The number of ether oxygens (including phenoxy) is 1. The predicted molar refractivity (Wildman–Crippen MR) is 131 cm³/mol. The van der Waals surface area contributed by atoms with Gasteiger partial charge < -0.3 is 15.0 Å². The summed E-state index contributed by atoms with van der Waals surface area (Å²) in [7, 11) is 0. The van der Waals surface area contributed by atoms with E-state index >= 15 is 0 Å². The Morgan fingerprint density at radius 1 is 0.941 bits per heavy atom. The van der Waals surface area contributed by atoms with E-state index in [0.29, 0.717) is 54.5 Å². The third-order valence-electron chi connectivity index (χ3n) is 5.85. The molecular weight excluding hydrogens is 433 g/mol. The second-order valence-corrected chi connectivity index (χ2v) is 8.26. The van der Waals surface area contributed by atoms with Crippen LogP contribution in [-0.4, -0.2) is 49.3 Å². The van der Waals surface area contributed by atoms with Crippen LogP contribution in [0.3, 0.4) is 0 Å². The Bertz CT molecular complexity index is 1140. The monoisotopic (exact) mass is 461 g/mol. The van der Waals surface area contributed by atoms with Crippen molar-refractivity contribution in [1.82, 2.24) is 4.90 Å². The van der Waals surface area contributed by atoms with Crippen LogP contribution in [0.4, 0.5) is 15.8 Å². The maximum absolute atomic E-state index is 14.5. The molecule has 0 spiro atoms. The zero-order valence-corrected chi connectivity index (χ0v) is 19.2. The van der Waals surface area contributed by atoms with Gasteiger partial charge in [0, 0.05) is 44.7 Å². The van der Waals surface area contributed by atoms with Gasteiger partial charge in [-0.3, -0.25) is 14.5 Å². The Kier molecular flexibility index (Phi) is 7.54. The molecule has 0 unspecified atom stereocenters. The number of ketones is 1. The van der Waals surface area contributed by atoms with Crippen LogP contribution in [0, 0.1) is 5.82 Å². The maximum atomic E-state index is 14.5. The minimum absolute atomic E-state index is 0.0857. The quantitative estimate of drug-likeness (QED) is 0.480. The van der Waals surface area contributed by atoms with Crippen LogP contribution in [-0.2, 0) is 4.79 Å². The molecular formula is C27H28FN3O3. The van der Waals surface area contributed by atoms with E-state index in [4.69, 9.17) is 4.74 Å². The van der Waals surface area contributed by atoms with Gasteiger partial charge in [0.15, 0.2) is 11.5 Å². The van der Waals surface area contributed by atoms with Crippen molar-refractivity contribution in [3.8, 4) is 11.5 Å². The molecule has 1 heterocycles. The van der Waals surface area contributed by atoms with Crippen molar-refractivity contribution in [3.05, 3.63) is 84.2 Å². The largest absolute Gasteiger partial charge is 0.455 e. The van der Waals surface area contributed by atoms with E-state index in [1.165, 1.54) is 13.0 Å². The third kappa shape index (κ3) is 5.99. The molecule has 1 saturated heterocycles. The van der Waals surface area contributed by atoms with Gasteiger partial charge in [0.1, 0.15) is 11.6 Å². The number of benzene rings is 3. The molecule has 34 heavy (non-hydrogen) atoms. The molecule has 0 aromatic heterocycles. The number of piperazine rings is 1. The Hall–Kier alpha value is -3.71. The van der Waals surface area contributed by atoms with Crippen LogP contribution in [0.25, 0.3) is 0 Å². The Morgan fingerprint density at radius 2 is 1.65 bits per heavy atom. The van der Waals surface area contributed by atoms with Gasteiger partial charge in [-0.15, -0.1) is 0 Å². The fraction of sp³-hybridized carbons (Fsp3) is 0.259. The lowest BCUT2D eigenvalue weighted by Gasteiger charge is -2.36. The molecule has 1 amide bonds. The molecule has 1 aliphatic rings. The standard InChI is InChI=1S/C27H28FN3O3/c1-20(32)21-11-12-25(23(28)19-21)31-17-15-30(16-18-31)14-13-27(33)29-24-9-5-6-10-26(24)34-22-7-3-2-4-8-22/h2-12,19H,13-18H2,1H3,(H,29,33). The molecule has 0 radical (unpaired) electrons. The first-order valence-corrected chi connectivity index (χ1v) is 11.4. The SMILES string of the molecule is CC(=O)c1ccc(N2CCN(CCC(=O)Nc3ccccc3Oc3ccccc3)CC2)c(F)c1. The minimum Gasteiger partial charge on any atom is -0.455 e. The third-order valence-corrected chi connectivity index (χ3v) is 5.85. The highest BCUT2D eigenvalue weighted by Gasteiger charge is 2.20. The number of hydrogen-bond acceptors (Lipinski definition) is 5. The highest BCUT2D eigenvalue weighted by Crippen LogP contribution is 2.29. The Labute approximate surface area is 198 Å². The van der Waals surface area contributed by atoms with Crippen molar-refractivity contribution >= 4 is 23.1 Å². The second kappa shape index (κ2) is 10.9. The number of nitrogens with one attached hydrogen (secondary N) is 1. The maximum Gasteiger partial charge on any atom is 0.225 e. The van der Waals surface area contributed by atoms with Crippen molar-refractivity contribution in [2.45, 2.75) is 13.3 Å². The van der Waals surface area contributed by atoms with E-state index in [1.807, 2.05) is 59.5 Å². The van der Waals surface area contributed by atoms with Gasteiger partial charge in [-0.05, 0) is 49.4 Å². The molecule has 7 heteroatoms. The average molecular weight is 462 g/mol. The van der Waals surface area contributed by atoms with Gasteiger partial charge in [-0.2, -0.15) is 0 Å². The normalized spacial score (nSPS) is 14.0. The number of amides is 1. The molecule has 1 N–H and O–H groups in total. The van der Waals surface area contributed by atoms with E-state index < -0.39 is 0 Å². The summed E-state index contributed by atoms with van der Waals surface area (Å²) >= 11 is 0. The van der Waals surface area contributed by atoms with Crippen LogP contribution >= 0.6 is 0 Å². The lowest BCUT2D eigenvalue weighted by molar-refractivity contribution is -0.116. The summed E-state index contributed by atoms with van der Waals surface area (Å²) in [6, 6.07) is 21.4. The van der Waals surface area contributed by atoms with Crippen molar-refractivity contribution in [3.63, 3.8) is 0 Å². The van der Waals surface area contributed by atoms with Crippen molar-refractivity contribution < 1.29 is 18.7 Å². The fourth-order valence-electron chi connectivity index (χ4n) is 3.94. The molecule has 0 bridgehead atoms. The lowest BCUT2D eigenvalue weighted by Crippen LogP contribution is -2.47. The summed E-state index contributed by atoms with van der Waals surface area (Å²) in [6.45, 7) is 4.83. The summed E-state index contributed by atoms with van der Waals surface area (Å²) in [5, 5.41) is 2.95. The topological polar surface area (TPSA) is 61.9 Å². The van der Waals surface area contributed by atoms with Gasteiger partial charge in [0.25, 0.3) is 0 Å². The van der Waals surface area contributed by atoms with E-state index in [9.17, 15) is 14.0 Å². The molecule has 0 atom stereocenters. The van der Waals surface area contributed by atoms with E-state index in [-0.39, 0.29) is 17.5 Å². The van der Waals surface area contributed by atoms with Crippen LogP contribution < -0.4 is 15.0 Å². The van der Waals surface area contributed by atoms with Crippen molar-refractivity contribution in [1.29, 1.82) is 0 Å². The van der Waals surface area contributed by atoms with Crippen molar-refractivity contribution in [2.75, 3.05) is 42.9 Å². The van der Waals surface area contributed by atoms with E-state index in [2.05, 4.69) is 10.2 Å². The number of rotatable bonds is 8. The molecule has 0 saturated carbocycles. The molecule has 6 nitrogen and oxygen atoms in total. The number of carbonyl (C=O) groups is 2. The smallest absolute Gasteiger partial charge is 0.225 e. The van der Waals surface area contributed by atoms with E-state index in [1.54, 1.807) is 12.1 Å². The average Bonchev–Trinajstić information content (AvgIpc) is 2.85. The summed E-state index contributed by atoms with van der Waals surface area (Å²) in [5.41, 5.74) is 1.52. The van der Waals surface area contributed by atoms with Crippen LogP contribution in [0.1, 0.15) is 23.7 Å². The van der Waals surface area contributed by atoms with Gasteiger partial charge in [-0.25, -0.2) is 4.39 Å². The van der Waals surface area contributed by atoms with Gasteiger partial charge >= 0.3 is 0 Å². The molecule has 1 aliphatic heterocycles. The summed E-state index contributed by atoms with van der Waals surface area (Å²) in [4.78, 5) is 28.2. The summed E-state index contributed by atoms with van der Waals surface area (Å²) in [6.07, 6.45) is 0.349. The molecule has 3 aromatic carbocycles. The Balaban J connectivity index is 1.26. The predicted octanol–water partition coefficient (Wildman–Crippen LogP) is 4.97.